The van der Waals surface area contributed by atoms with Crippen LogP contribution < -0.4 is 4.74 Å². The molecule has 1 aromatic carbocycles. The maximum atomic E-state index is 10.9. The third kappa shape index (κ3) is 3.06. The van der Waals surface area contributed by atoms with Gasteiger partial charge in [-0.05, 0) is 17.5 Å². The third-order valence-electron chi connectivity index (χ3n) is 2.44. The van der Waals surface area contributed by atoms with Crippen molar-refractivity contribution in [3.63, 3.8) is 0 Å². The van der Waals surface area contributed by atoms with E-state index in [0.29, 0.717) is 10.6 Å². The van der Waals surface area contributed by atoms with E-state index in [1.165, 1.54) is 18.2 Å². The second-order valence-corrected chi connectivity index (χ2v) is 5.09. The summed E-state index contributed by atoms with van der Waals surface area (Å²) in [6, 6.07) is 5.56. The van der Waals surface area contributed by atoms with Gasteiger partial charge in [0.25, 0.3) is 0 Å². The highest BCUT2D eigenvalue weighted by Gasteiger charge is 2.17. The topological polar surface area (TPSA) is 89.7 Å². The van der Waals surface area contributed by atoms with Gasteiger partial charge < -0.3 is 9.84 Å². The molecule has 1 N–H and O–H groups in total. The number of hydrogen-bond acceptors (Lipinski definition) is 5. The van der Waals surface area contributed by atoms with Crippen LogP contribution in [0.4, 0.5) is 5.69 Å². The number of benzene rings is 1. The molecule has 0 aliphatic heterocycles. The van der Waals surface area contributed by atoms with E-state index in [2.05, 4.69) is 0 Å². The molecule has 8 heteroatoms. The van der Waals surface area contributed by atoms with Crippen LogP contribution in [-0.2, 0) is 6.61 Å². The molecule has 0 unspecified atom stereocenters. The fourth-order valence-electron chi connectivity index (χ4n) is 1.55. The lowest BCUT2D eigenvalue weighted by Gasteiger charge is -2.07. The molecule has 0 fully saturated rings. The number of carboxylic acid groups (broad SMARTS) is 1. The molecule has 0 bridgehead atoms. The van der Waals surface area contributed by atoms with Crippen LogP contribution in [0.3, 0.4) is 0 Å². The number of carboxylic acids is 1. The SMILES string of the molecule is O=C(O)c1sccc1COc1cc(Cl)ccc1[N+](=O)[O-]. The molecule has 6 nitrogen and oxygen atoms in total. The molecule has 104 valence electrons. The average molecular weight is 314 g/mol. The summed E-state index contributed by atoms with van der Waals surface area (Å²) < 4.78 is 5.33. The molecule has 1 aromatic heterocycles. The number of aromatic carboxylic acids is 1. The van der Waals surface area contributed by atoms with Gasteiger partial charge in [-0.25, -0.2) is 4.79 Å². The van der Waals surface area contributed by atoms with Crippen molar-refractivity contribution < 1.29 is 19.6 Å². The summed E-state index contributed by atoms with van der Waals surface area (Å²) in [4.78, 5) is 21.4. The van der Waals surface area contributed by atoms with Crippen LogP contribution in [0, 0.1) is 10.1 Å². The lowest BCUT2D eigenvalue weighted by molar-refractivity contribution is -0.385. The van der Waals surface area contributed by atoms with Crippen LogP contribution in [-0.4, -0.2) is 16.0 Å². The van der Waals surface area contributed by atoms with E-state index in [4.69, 9.17) is 21.4 Å². The van der Waals surface area contributed by atoms with Gasteiger partial charge in [0.2, 0.25) is 0 Å². The Morgan fingerprint density at radius 3 is 2.85 bits per heavy atom. The van der Waals surface area contributed by atoms with Crippen LogP contribution in [0.5, 0.6) is 5.75 Å². The number of ether oxygens (including phenoxy) is 1. The first-order valence-electron chi connectivity index (χ1n) is 5.35. The summed E-state index contributed by atoms with van der Waals surface area (Å²) >= 11 is 6.84. The summed E-state index contributed by atoms with van der Waals surface area (Å²) in [6.07, 6.45) is 0. The highest BCUT2D eigenvalue weighted by molar-refractivity contribution is 7.12. The van der Waals surface area contributed by atoms with E-state index < -0.39 is 10.9 Å². The number of hydrogen-bond donors (Lipinski definition) is 1. The van der Waals surface area contributed by atoms with Crippen LogP contribution in [0.25, 0.3) is 0 Å². The normalized spacial score (nSPS) is 10.2. The predicted octanol–water partition coefficient (Wildman–Crippen LogP) is 3.59. The number of nitro benzene ring substituents is 1. The molecule has 2 aromatic rings. The molecule has 0 saturated carbocycles. The Morgan fingerprint density at radius 2 is 2.20 bits per heavy atom. The smallest absolute Gasteiger partial charge is 0.346 e. The van der Waals surface area contributed by atoms with Crippen molar-refractivity contribution in [1.82, 2.24) is 0 Å². The average Bonchev–Trinajstić information content (AvgIpc) is 2.84. The molecule has 0 amide bonds. The molecule has 0 atom stereocenters. The number of nitro groups is 1. The van der Waals surface area contributed by atoms with Crippen molar-refractivity contribution in [1.29, 1.82) is 0 Å². The Balaban J connectivity index is 2.22. The molecular weight excluding hydrogens is 306 g/mol. The standard InChI is InChI=1S/C12H8ClNO5S/c13-8-1-2-9(14(17)18)10(5-8)19-6-7-3-4-20-11(7)12(15)16/h1-5H,6H2,(H,15,16). The Morgan fingerprint density at radius 1 is 1.45 bits per heavy atom. The molecule has 0 aliphatic rings. The molecular formula is C12H8ClNO5S. The van der Waals surface area contributed by atoms with E-state index in [9.17, 15) is 14.9 Å². The van der Waals surface area contributed by atoms with Gasteiger partial charge in [-0.1, -0.05) is 11.6 Å². The molecule has 0 aliphatic carbocycles. The number of halogens is 1. The summed E-state index contributed by atoms with van der Waals surface area (Å²) in [5.41, 5.74) is 0.235. The monoisotopic (exact) mass is 313 g/mol. The van der Waals surface area contributed by atoms with Crippen molar-refractivity contribution in [3.8, 4) is 5.75 Å². The minimum atomic E-state index is -1.06. The van der Waals surface area contributed by atoms with Gasteiger partial charge in [0.05, 0.1) is 4.92 Å². The van der Waals surface area contributed by atoms with Crippen LogP contribution in [0.15, 0.2) is 29.6 Å². The zero-order valence-electron chi connectivity index (χ0n) is 9.91. The molecule has 0 spiro atoms. The second kappa shape index (κ2) is 5.89. The Bertz CT molecular complexity index is 670. The Labute approximate surface area is 122 Å². The van der Waals surface area contributed by atoms with Gasteiger partial charge in [-0.3, -0.25) is 10.1 Å². The largest absolute Gasteiger partial charge is 0.482 e. The van der Waals surface area contributed by atoms with E-state index >= 15 is 0 Å². The fraction of sp³-hybridized carbons (Fsp3) is 0.0833. The number of carbonyl (C=O) groups is 1. The summed E-state index contributed by atoms with van der Waals surface area (Å²) in [6.45, 7) is -0.0771. The first-order chi connectivity index (χ1) is 9.49. The van der Waals surface area contributed by atoms with Crippen molar-refractivity contribution >= 4 is 34.6 Å². The van der Waals surface area contributed by atoms with E-state index in [1.807, 2.05) is 0 Å². The van der Waals surface area contributed by atoms with Gasteiger partial charge in [-0.2, -0.15) is 0 Å². The van der Waals surface area contributed by atoms with Gasteiger partial charge in [-0.15, -0.1) is 11.3 Å². The predicted molar refractivity (Wildman–Crippen MR) is 73.7 cm³/mol. The minimum Gasteiger partial charge on any atom is -0.482 e. The third-order valence-corrected chi connectivity index (χ3v) is 3.62. The quantitative estimate of drug-likeness (QED) is 0.673. The molecule has 2 rings (SSSR count). The Hall–Kier alpha value is -2.12. The second-order valence-electron chi connectivity index (χ2n) is 3.74. The molecule has 0 saturated heterocycles. The maximum absolute atomic E-state index is 10.9. The van der Waals surface area contributed by atoms with Crippen LogP contribution >= 0.6 is 22.9 Å². The lowest BCUT2D eigenvalue weighted by Crippen LogP contribution is -2.03. The Kier molecular flexibility index (Phi) is 4.21. The lowest BCUT2D eigenvalue weighted by atomic mass is 10.2. The van der Waals surface area contributed by atoms with E-state index in [0.717, 1.165) is 11.3 Å². The van der Waals surface area contributed by atoms with E-state index in [1.54, 1.807) is 11.4 Å². The van der Waals surface area contributed by atoms with Gasteiger partial charge in [0.15, 0.2) is 5.75 Å². The van der Waals surface area contributed by atoms with Crippen LogP contribution in [0.1, 0.15) is 15.2 Å². The van der Waals surface area contributed by atoms with E-state index in [-0.39, 0.29) is 22.9 Å². The fourth-order valence-corrected chi connectivity index (χ4v) is 2.46. The van der Waals surface area contributed by atoms with Crippen molar-refractivity contribution in [3.05, 3.63) is 55.2 Å². The number of nitrogens with zero attached hydrogens (tertiary/aromatic N) is 1. The zero-order valence-corrected chi connectivity index (χ0v) is 11.5. The van der Waals surface area contributed by atoms with Crippen molar-refractivity contribution in [2.45, 2.75) is 6.61 Å². The first kappa shape index (κ1) is 14.3. The zero-order chi connectivity index (χ0) is 14.7. The summed E-state index contributed by atoms with van der Waals surface area (Å²) in [5.74, 6) is -1.05. The summed E-state index contributed by atoms with van der Waals surface area (Å²) in [7, 11) is 0. The molecule has 1 heterocycles. The maximum Gasteiger partial charge on any atom is 0.346 e. The molecule has 0 radical (unpaired) electrons. The van der Waals surface area contributed by atoms with Crippen molar-refractivity contribution in [2.75, 3.05) is 0 Å². The molecule has 20 heavy (non-hydrogen) atoms. The minimum absolute atomic E-state index is 0.00467. The highest BCUT2D eigenvalue weighted by Crippen LogP contribution is 2.31. The van der Waals surface area contributed by atoms with Gasteiger partial charge in [0, 0.05) is 22.7 Å². The highest BCUT2D eigenvalue weighted by atomic mass is 35.5. The summed E-state index contributed by atoms with van der Waals surface area (Å²) in [5, 5.41) is 21.7. The van der Waals surface area contributed by atoms with Gasteiger partial charge >= 0.3 is 11.7 Å². The van der Waals surface area contributed by atoms with Crippen molar-refractivity contribution in [2.24, 2.45) is 0 Å². The first-order valence-corrected chi connectivity index (χ1v) is 6.61. The number of thiophene rings is 1. The number of rotatable bonds is 5. The van der Waals surface area contributed by atoms with Crippen LogP contribution in [0.2, 0.25) is 5.02 Å². The van der Waals surface area contributed by atoms with Gasteiger partial charge in [0.1, 0.15) is 11.5 Å².